The average Bonchev–Trinajstić information content (AvgIpc) is 3.46. The van der Waals surface area contributed by atoms with Gasteiger partial charge in [-0.15, -0.1) is 0 Å². The Morgan fingerprint density at radius 1 is 1.09 bits per heavy atom. The van der Waals surface area contributed by atoms with E-state index in [0.717, 1.165) is 6.20 Å². The number of methoxy groups -OCH3 is 1. The number of halogens is 4. The van der Waals surface area contributed by atoms with Crippen LogP contribution in [0.1, 0.15) is 35.3 Å². The molecule has 43 heavy (non-hydrogen) atoms. The number of nitrogens with zero attached hydrogens (tertiary/aromatic N) is 5. The Kier molecular flexibility index (Phi) is 8.14. The number of pyridine rings is 1. The first-order chi connectivity index (χ1) is 20.3. The van der Waals surface area contributed by atoms with Crippen LogP contribution in [0.25, 0.3) is 5.57 Å². The Bertz CT molecular complexity index is 1610. The van der Waals surface area contributed by atoms with Crippen molar-refractivity contribution in [1.29, 1.82) is 0 Å². The van der Waals surface area contributed by atoms with Crippen molar-refractivity contribution in [3.8, 4) is 5.88 Å². The number of anilines is 3. The van der Waals surface area contributed by atoms with Gasteiger partial charge in [0, 0.05) is 62.2 Å². The van der Waals surface area contributed by atoms with Gasteiger partial charge in [-0.3, -0.25) is 14.5 Å². The number of hydrogen-bond acceptors (Lipinski definition) is 8. The minimum Gasteiger partial charge on any atom is -0.481 e. The summed E-state index contributed by atoms with van der Waals surface area (Å²) in [5.41, 5.74) is -1.83. The lowest BCUT2D eigenvalue weighted by Gasteiger charge is -2.44. The number of alkyl halides is 3. The van der Waals surface area contributed by atoms with Gasteiger partial charge in [0.1, 0.15) is 18.0 Å². The summed E-state index contributed by atoms with van der Waals surface area (Å²) in [6.45, 7) is 5.73. The molecule has 1 aromatic carbocycles. The standard InChI is InChI=1S/C29H31F4N7O3/c1-16-12-40(13-17(2)38(16)3)24-9-22(30)19(18-5-6-39(14-18)25-10-27(43-4)36-15-35-25)7-23(24)37-28(42)20-11-34-26(41)8-21(20)29(31,32)33/h5,7-11,15-17H,6,12-14H2,1-4H3,(H,34,41)(H,37,42)/t16-,17+. The maximum Gasteiger partial charge on any atom is 0.417 e. The van der Waals surface area contributed by atoms with Gasteiger partial charge in [0.25, 0.3) is 5.91 Å². The molecule has 2 aromatic heterocycles. The third kappa shape index (κ3) is 6.19. The second-order valence-electron chi connectivity index (χ2n) is 10.7. The molecule has 2 aliphatic heterocycles. The van der Waals surface area contributed by atoms with E-state index in [1.165, 1.54) is 25.6 Å². The van der Waals surface area contributed by atoms with Gasteiger partial charge in [-0.05, 0) is 38.6 Å². The minimum atomic E-state index is -4.94. The third-order valence-corrected chi connectivity index (χ3v) is 7.93. The van der Waals surface area contributed by atoms with E-state index in [0.29, 0.717) is 48.7 Å². The fourth-order valence-electron chi connectivity index (χ4n) is 5.39. The van der Waals surface area contributed by atoms with E-state index in [1.807, 2.05) is 36.8 Å². The van der Waals surface area contributed by atoms with Crippen molar-refractivity contribution in [3.63, 3.8) is 0 Å². The quantitative estimate of drug-likeness (QED) is 0.409. The lowest BCUT2D eigenvalue weighted by molar-refractivity contribution is -0.138. The van der Waals surface area contributed by atoms with E-state index in [-0.39, 0.29) is 29.9 Å². The van der Waals surface area contributed by atoms with Crippen LogP contribution in [0.4, 0.5) is 34.8 Å². The maximum absolute atomic E-state index is 15.8. The number of hydrogen-bond donors (Lipinski definition) is 2. The number of piperazine rings is 1. The van der Waals surface area contributed by atoms with Crippen molar-refractivity contribution < 1.29 is 27.1 Å². The Labute approximate surface area is 245 Å². The highest BCUT2D eigenvalue weighted by Gasteiger charge is 2.36. The van der Waals surface area contributed by atoms with Gasteiger partial charge in [-0.1, -0.05) is 6.08 Å². The molecule has 1 saturated heterocycles. The molecule has 0 spiro atoms. The van der Waals surface area contributed by atoms with Crippen molar-refractivity contribution in [3.05, 3.63) is 75.7 Å². The molecule has 1 fully saturated rings. The molecule has 5 rings (SSSR count). The van der Waals surface area contributed by atoms with E-state index in [4.69, 9.17) is 4.74 Å². The highest BCUT2D eigenvalue weighted by Crippen LogP contribution is 2.37. The molecule has 0 unspecified atom stereocenters. The van der Waals surface area contributed by atoms with Crippen molar-refractivity contribution in [2.75, 3.05) is 55.5 Å². The molecule has 0 aliphatic carbocycles. The molecule has 2 aliphatic rings. The zero-order valence-corrected chi connectivity index (χ0v) is 24.0. The Balaban J connectivity index is 1.52. The molecular formula is C29H31F4N7O3. The van der Waals surface area contributed by atoms with Crippen molar-refractivity contribution in [2.45, 2.75) is 32.1 Å². The topological polar surface area (TPSA) is 107 Å². The molecule has 1 amide bonds. The van der Waals surface area contributed by atoms with Gasteiger partial charge in [0.2, 0.25) is 11.4 Å². The van der Waals surface area contributed by atoms with Crippen LogP contribution in [0, 0.1) is 5.82 Å². The van der Waals surface area contributed by atoms with Gasteiger partial charge in [-0.2, -0.15) is 13.2 Å². The Morgan fingerprint density at radius 2 is 1.81 bits per heavy atom. The van der Waals surface area contributed by atoms with Gasteiger partial charge in [0.05, 0.1) is 29.6 Å². The van der Waals surface area contributed by atoms with Crippen LogP contribution in [0.3, 0.4) is 0 Å². The molecule has 14 heteroatoms. The number of nitrogens with one attached hydrogen (secondary N) is 2. The number of carbonyl (C=O) groups excluding carboxylic acids is 1. The number of rotatable bonds is 6. The first kappa shape index (κ1) is 30.0. The van der Waals surface area contributed by atoms with Crippen LogP contribution in [0.15, 0.2) is 47.7 Å². The number of aromatic nitrogens is 3. The minimum absolute atomic E-state index is 0.0852. The van der Waals surface area contributed by atoms with Gasteiger partial charge in [-0.25, -0.2) is 14.4 Å². The summed E-state index contributed by atoms with van der Waals surface area (Å²) in [6, 6.07) is 4.93. The van der Waals surface area contributed by atoms with Crippen molar-refractivity contribution in [1.82, 2.24) is 19.9 Å². The summed E-state index contributed by atoms with van der Waals surface area (Å²) in [4.78, 5) is 41.3. The van der Waals surface area contributed by atoms with Crippen LogP contribution < -0.4 is 25.4 Å². The highest BCUT2D eigenvalue weighted by molar-refractivity contribution is 6.07. The van der Waals surface area contributed by atoms with Gasteiger partial charge in [0.15, 0.2) is 0 Å². The molecule has 3 aromatic rings. The second-order valence-corrected chi connectivity index (χ2v) is 10.7. The number of ether oxygens (including phenoxy) is 1. The summed E-state index contributed by atoms with van der Waals surface area (Å²) in [5, 5.41) is 2.59. The molecule has 0 radical (unpaired) electrons. The molecule has 10 nitrogen and oxygen atoms in total. The van der Waals surface area contributed by atoms with E-state index >= 15 is 4.39 Å². The third-order valence-electron chi connectivity index (χ3n) is 7.93. The smallest absolute Gasteiger partial charge is 0.417 e. The summed E-state index contributed by atoms with van der Waals surface area (Å²) >= 11 is 0. The molecule has 2 N–H and O–H groups in total. The first-order valence-electron chi connectivity index (χ1n) is 13.6. The lowest BCUT2D eigenvalue weighted by Crippen LogP contribution is -2.55. The number of benzene rings is 1. The zero-order chi connectivity index (χ0) is 31.1. The largest absolute Gasteiger partial charge is 0.481 e. The van der Waals surface area contributed by atoms with Crippen LogP contribution in [0.5, 0.6) is 5.88 Å². The average molecular weight is 602 g/mol. The molecule has 2 atom stereocenters. The number of likely N-dealkylation sites (N-methyl/N-ethyl adjacent to an activating group) is 1. The van der Waals surface area contributed by atoms with Crippen LogP contribution in [-0.4, -0.2) is 78.2 Å². The fourth-order valence-corrected chi connectivity index (χ4v) is 5.39. The first-order valence-corrected chi connectivity index (χ1v) is 13.6. The van der Waals surface area contributed by atoms with Crippen LogP contribution in [0.2, 0.25) is 0 Å². The second kappa shape index (κ2) is 11.7. The van der Waals surface area contributed by atoms with E-state index in [9.17, 15) is 22.8 Å². The number of aromatic amines is 1. The molecule has 4 heterocycles. The number of amides is 1. The highest BCUT2D eigenvalue weighted by atomic mass is 19.4. The van der Waals surface area contributed by atoms with E-state index in [1.54, 1.807) is 6.07 Å². The van der Waals surface area contributed by atoms with Crippen LogP contribution >= 0.6 is 0 Å². The predicted molar refractivity (Wildman–Crippen MR) is 154 cm³/mol. The zero-order valence-electron chi connectivity index (χ0n) is 24.0. The molecule has 0 bridgehead atoms. The number of H-pyrrole nitrogens is 1. The Morgan fingerprint density at radius 3 is 2.49 bits per heavy atom. The predicted octanol–water partition coefficient (Wildman–Crippen LogP) is 4.02. The summed E-state index contributed by atoms with van der Waals surface area (Å²) < 4.78 is 62.2. The summed E-state index contributed by atoms with van der Waals surface area (Å²) in [7, 11) is 3.47. The molecule has 228 valence electrons. The van der Waals surface area contributed by atoms with Crippen LogP contribution in [-0.2, 0) is 6.18 Å². The SMILES string of the molecule is COc1cc(N2CC=C(c3cc(NC(=O)c4c[nH]c(=O)cc4C(F)(F)F)c(N4C[C@@H](C)N(C)[C@@H](C)C4)cc3F)C2)ncn1. The van der Waals surface area contributed by atoms with Gasteiger partial charge < -0.3 is 24.8 Å². The summed E-state index contributed by atoms with van der Waals surface area (Å²) in [5.74, 6) is -0.690. The fraction of sp³-hybridized carbons (Fsp3) is 0.379. The van der Waals surface area contributed by atoms with Crippen molar-refractivity contribution in [2.24, 2.45) is 0 Å². The van der Waals surface area contributed by atoms with E-state index in [2.05, 4.69) is 25.2 Å². The maximum atomic E-state index is 15.8. The lowest BCUT2D eigenvalue weighted by atomic mass is 10.0. The van der Waals surface area contributed by atoms with Gasteiger partial charge >= 0.3 is 6.18 Å². The number of carbonyl (C=O) groups is 1. The molecule has 0 saturated carbocycles. The van der Waals surface area contributed by atoms with Crippen molar-refractivity contribution >= 4 is 28.7 Å². The Hall–Kier alpha value is -4.46. The normalized spacial score (nSPS) is 19.4. The van der Waals surface area contributed by atoms with E-state index < -0.39 is 34.6 Å². The molecular weight excluding hydrogens is 570 g/mol. The monoisotopic (exact) mass is 601 g/mol. The summed E-state index contributed by atoms with van der Waals surface area (Å²) in [6.07, 6.45) is -1.03.